The van der Waals surface area contributed by atoms with Gasteiger partial charge in [0.25, 0.3) is 0 Å². The molecule has 6 heteroatoms. The highest BCUT2D eigenvalue weighted by molar-refractivity contribution is 5.87. The SMILES string of the molecule is CCCCNC(=O)[C@H](C)N(Cc1cccc(C)c1)C(=O)CCc1ccc(OCC)c(OCC)c1. The summed E-state index contributed by atoms with van der Waals surface area (Å²) in [5.41, 5.74) is 3.14. The molecule has 0 saturated carbocycles. The number of amides is 2. The molecule has 2 aromatic rings. The van der Waals surface area contributed by atoms with E-state index in [1.165, 1.54) is 0 Å². The van der Waals surface area contributed by atoms with E-state index in [2.05, 4.69) is 18.3 Å². The molecule has 2 aromatic carbocycles. The van der Waals surface area contributed by atoms with Gasteiger partial charge in [-0.25, -0.2) is 0 Å². The van der Waals surface area contributed by atoms with E-state index < -0.39 is 6.04 Å². The second kappa shape index (κ2) is 14.3. The molecule has 1 atom stereocenters. The van der Waals surface area contributed by atoms with Crippen molar-refractivity contribution >= 4 is 11.8 Å². The number of unbranched alkanes of at least 4 members (excludes halogenated alkanes) is 1. The van der Waals surface area contributed by atoms with Crippen molar-refractivity contribution in [3.63, 3.8) is 0 Å². The summed E-state index contributed by atoms with van der Waals surface area (Å²) in [6.45, 7) is 11.9. The van der Waals surface area contributed by atoms with Gasteiger partial charge < -0.3 is 19.7 Å². The number of benzene rings is 2. The number of hydrogen-bond donors (Lipinski definition) is 1. The van der Waals surface area contributed by atoms with Crippen LogP contribution in [0.1, 0.15) is 63.6 Å². The van der Waals surface area contributed by atoms with Crippen LogP contribution in [0.2, 0.25) is 0 Å². The van der Waals surface area contributed by atoms with Gasteiger partial charge in [0, 0.05) is 19.5 Å². The maximum absolute atomic E-state index is 13.4. The van der Waals surface area contributed by atoms with Crippen molar-refractivity contribution in [1.29, 1.82) is 0 Å². The summed E-state index contributed by atoms with van der Waals surface area (Å²) in [6, 6.07) is 13.3. The standard InChI is InChI=1S/C28H40N2O4/c1-6-9-17-29-28(32)22(5)30(20-24-12-10-11-21(4)18-24)27(31)16-14-23-13-15-25(33-7-2)26(19-23)34-8-3/h10-13,15,18-19,22H,6-9,14,16-17,20H2,1-5H3,(H,29,32)/t22-/m0/s1. The van der Waals surface area contributed by atoms with Gasteiger partial charge in [0.15, 0.2) is 11.5 Å². The van der Waals surface area contributed by atoms with Gasteiger partial charge in [-0.3, -0.25) is 9.59 Å². The van der Waals surface area contributed by atoms with Gasteiger partial charge in [0.2, 0.25) is 11.8 Å². The number of carbonyl (C=O) groups excluding carboxylic acids is 2. The van der Waals surface area contributed by atoms with Crippen LogP contribution in [0.4, 0.5) is 0 Å². The van der Waals surface area contributed by atoms with E-state index in [4.69, 9.17) is 9.47 Å². The van der Waals surface area contributed by atoms with Gasteiger partial charge in [-0.05, 0) is 63.8 Å². The first-order valence-corrected chi connectivity index (χ1v) is 12.4. The summed E-state index contributed by atoms with van der Waals surface area (Å²) in [7, 11) is 0. The Balaban J connectivity index is 2.15. The van der Waals surface area contributed by atoms with Crippen molar-refractivity contribution in [2.75, 3.05) is 19.8 Å². The summed E-state index contributed by atoms with van der Waals surface area (Å²) < 4.78 is 11.4. The molecule has 34 heavy (non-hydrogen) atoms. The Morgan fingerprint density at radius 3 is 2.38 bits per heavy atom. The summed E-state index contributed by atoms with van der Waals surface area (Å²) in [4.78, 5) is 27.8. The van der Waals surface area contributed by atoms with Gasteiger partial charge in [0.1, 0.15) is 6.04 Å². The Hall–Kier alpha value is -3.02. The van der Waals surface area contributed by atoms with Crippen LogP contribution < -0.4 is 14.8 Å². The molecule has 6 nitrogen and oxygen atoms in total. The van der Waals surface area contributed by atoms with Gasteiger partial charge in [-0.15, -0.1) is 0 Å². The molecule has 0 unspecified atom stereocenters. The number of aryl methyl sites for hydroxylation is 2. The minimum atomic E-state index is -0.552. The molecule has 2 amide bonds. The van der Waals surface area contributed by atoms with Crippen LogP contribution in [0, 0.1) is 6.92 Å². The highest BCUT2D eigenvalue weighted by Crippen LogP contribution is 2.29. The number of nitrogens with zero attached hydrogens (tertiary/aromatic N) is 1. The molecule has 0 saturated heterocycles. The fourth-order valence-corrected chi connectivity index (χ4v) is 3.77. The molecule has 0 bridgehead atoms. The molecule has 2 rings (SSSR count). The number of rotatable bonds is 14. The van der Waals surface area contributed by atoms with E-state index in [1.807, 2.05) is 57.2 Å². The lowest BCUT2D eigenvalue weighted by atomic mass is 10.1. The highest BCUT2D eigenvalue weighted by atomic mass is 16.5. The van der Waals surface area contributed by atoms with Crippen LogP contribution in [0.3, 0.4) is 0 Å². The van der Waals surface area contributed by atoms with Crippen LogP contribution >= 0.6 is 0 Å². The average Bonchev–Trinajstić information content (AvgIpc) is 2.82. The first-order valence-electron chi connectivity index (χ1n) is 12.4. The van der Waals surface area contributed by atoms with Crippen molar-refractivity contribution in [3.05, 3.63) is 59.2 Å². The third-order valence-corrected chi connectivity index (χ3v) is 5.67. The molecule has 186 valence electrons. The first kappa shape index (κ1) is 27.2. The third kappa shape index (κ3) is 8.40. The maximum atomic E-state index is 13.4. The Morgan fingerprint density at radius 1 is 0.971 bits per heavy atom. The predicted octanol–water partition coefficient (Wildman–Crippen LogP) is 5.06. The Morgan fingerprint density at radius 2 is 1.71 bits per heavy atom. The Bertz CT molecular complexity index is 928. The molecule has 0 radical (unpaired) electrons. The molecule has 0 aromatic heterocycles. The van der Waals surface area contributed by atoms with Crippen molar-refractivity contribution < 1.29 is 19.1 Å². The van der Waals surface area contributed by atoms with E-state index in [9.17, 15) is 9.59 Å². The lowest BCUT2D eigenvalue weighted by Gasteiger charge is -2.29. The minimum Gasteiger partial charge on any atom is -0.490 e. The second-order valence-electron chi connectivity index (χ2n) is 8.48. The Labute approximate surface area is 204 Å². The van der Waals surface area contributed by atoms with E-state index in [0.717, 1.165) is 29.5 Å². The molecule has 0 fully saturated rings. The highest BCUT2D eigenvalue weighted by Gasteiger charge is 2.26. The zero-order chi connectivity index (χ0) is 24.9. The largest absolute Gasteiger partial charge is 0.490 e. The van der Waals surface area contributed by atoms with Crippen LogP contribution in [0.25, 0.3) is 0 Å². The molecule has 0 aliphatic carbocycles. The summed E-state index contributed by atoms with van der Waals surface area (Å²) >= 11 is 0. The maximum Gasteiger partial charge on any atom is 0.242 e. The molecule has 0 heterocycles. The number of carbonyl (C=O) groups is 2. The smallest absolute Gasteiger partial charge is 0.242 e. The van der Waals surface area contributed by atoms with E-state index >= 15 is 0 Å². The topological polar surface area (TPSA) is 67.9 Å². The van der Waals surface area contributed by atoms with Crippen molar-refractivity contribution in [3.8, 4) is 11.5 Å². The molecular formula is C28H40N2O4. The van der Waals surface area contributed by atoms with Gasteiger partial charge in [-0.2, -0.15) is 0 Å². The third-order valence-electron chi connectivity index (χ3n) is 5.67. The van der Waals surface area contributed by atoms with E-state index in [0.29, 0.717) is 50.6 Å². The number of ether oxygens (including phenoxy) is 2. The monoisotopic (exact) mass is 468 g/mol. The predicted molar refractivity (Wildman–Crippen MR) is 136 cm³/mol. The lowest BCUT2D eigenvalue weighted by molar-refractivity contribution is -0.140. The van der Waals surface area contributed by atoms with E-state index in [1.54, 1.807) is 11.8 Å². The number of hydrogen-bond acceptors (Lipinski definition) is 4. The first-order chi connectivity index (χ1) is 16.4. The fourth-order valence-electron chi connectivity index (χ4n) is 3.77. The molecule has 0 aliphatic heterocycles. The average molecular weight is 469 g/mol. The minimum absolute atomic E-state index is 0.0495. The zero-order valence-corrected chi connectivity index (χ0v) is 21.4. The molecular weight excluding hydrogens is 428 g/mol. The van der Waals surface area contributed by atoms with Crippen molar-refractivity contribution in [1.82, 2.24) is 10.2 Å². The zero-order valence-electron chi connectivity index (χ0n) is 21.4. The Kier molecular flexibility index (Phi) is 11.4. The summed E-state index contributed by atoms with van der Waals surface area (Å²) in [6.07, 6.45) is 2.79. The van der Waals surface area contributed by atoms with Crippen molar-refractivity contribution in [2.24, 2.45) is 0 Å². The van der Waals surface area contributed by atoms with Gasteiger partial charge in [-0.1, -0.05) is 49.2 Å². The van der Waals surface area contributed by atoms with Crippen LogP contribution in [-0.4, -0.2) is 42.5 Å². The van der Waals surface area contributed by atoms with Crippen LogP contribution in [0.15, 0.2) is 42.5 Å². The number of nitrogens with one attached hydrogen (secondary N) is 1. The fraction of sp³-hybridized carbons (Fsp3) is 0.500. The van der Waals surface area contributed by atoms with Crippen LogP contribution in [0.5, 0.6) is 11.5 Å². The van der Waals surface area contributed by atoms with Crippen LogP contribution in [-0.2, 0) is 22.6 Å². The van der Waals surface area contributed by atoms with Gasteiger partial charge >= 0.3 is 0 Å². The molecule has 0 aliphatic rings. The lowest BCUT2D eigenvalue weighted by Crippen LogP contribution is -2.47. The van der Waals surface area contributed by atoms with E-state index in [-0.39, 0.29) is 11.8 Å². The van der Waals surface area contributed by atoms with Gasteiger partial charge in [0.05, 0.1) is 13.2 Å². The normalized spacial score (nSPS) is 11.6. The molecule has 0 spiro atoms. The second-order valence-corrected chi connectivity index (χ2v) is 8.48. The van der Waals surface area contributed by atoms with Crippen molar-refractivity contribution in [2.45, 2.75) is 72.9 Å². The quantitative estimate of drug-likeness (QED) is 0.394. The summed E-state index contributed by atoms with van der Waals surface area (Å²) in [5, 5.41) is 2.97. The molecule has 1 N–H and O–H groups in total. The summed E-state index contributed by atoms with van der Waals surface area (Å²) in [5.74, 6) is 1.23.